The van der Waals surface area contributed by atoms with E-state index in [2.05, 4.69) is 56.8 Å². The van der Waals surface area contributed by atoms with E-state index in [1.165, 1.54) is 13.0 Å². The molecule has 1 atom stereocenters. The summed E-state index contributed by atoms with van der Waals surface area (Å²) in [6.45, 7) is 14.9. The van der Waals surface area contributed by atoms with Crippen molar-refractivity contribution in [1.82, 2.24) is 24.8 Å². The molecular formula is C23H32N8S. The number of nitriles is 1. The lowest BCUT2D eigenvalue weighted by atomic mass is 9.83. The van der Waals surface area contributed by atoms with E-state index in [1.807, 2.05) is 19.3 Å². The molecule has 0 unspecified atom stereocenters. The van der Waals surface area contributed by atoms with Crippen LogP contribution in [0.5, 0.6) is 0 Å². The summed E-state index contributed by atoms with van der Waals surface area (Å²) in [5.74, 6) is 1.55. The van der Waals surface area contributed by atoms with Crippen LogP contribution in [0.1, 0.15) is 37.3 Å². The molecule has 2 aromatic heterocycles. The van der Waals surface area contributed by atoms with Gasteiger partial charge in [0.15, 0.2) is 0 Å². The highest BCUT2D eigenvalue weighted by Crippen LogP contribution is 2.41. The normalized spacial score (nSPS) is 24.6. The molecule has 0 radical (unpaired) electrons. The van der Waals surface area contributed by atoms with Crippen LogP contribution in [0.2, 0.25) is 0 Å². The second kappa shape index (κ2) is 7.94. The van der Waals surface area contributed by atoms with E-state index in [0.717, 1.165) is 54.1 Å². The predicted molar refractivity (Wildman–Crippen MR) is 127 cm³/mol. The van der Waals surface area contributed by atoms with Crippen LogP contribution in [0, 0.1) is 30.6 Å². The fourth-order valence-corrected chi connectivity index (χ4v) is 6.38. The number of fused-ring (bicyclic) bond motifs is 1. The second-order valence-electron chi connectivity index (χ2n) is 10.4. The van der Waals surface area contributed by atoms with Gasteiger partial charge in [0.25, 0.3) is 0 Å². The van der Waals surface area contributed by atoms with E-state index >= 15 is 0 Å². The Bertz CT molecular complexity index is 1030. The Morgan fingerprint density at radius 1 is 1.19 bits per heavy atom. The summed E-state index contributed by atoms with van der Waals surface area (Å²) in [6, 6.07) is 3.10. The van der Waals surface area contributed by atoms with E-state index < -0.39 is 0 Å². The van der Waals surface area contributed by atoms with Gasteiger partial charge in [-0.3, -0.25) is 9.80 Å². The van der Waals surface area contributed by atoms with Crippen LogP contribution in [-0.4, -0.2) is 75.6 Å². The fraction of sp³-hybridized carbons (Fsp3) is 0.652. The maximum Gasteiger partial charge on any atom is 0.229 e. The standard InChI is InChI=1S/C23H32N8S/c1-16-10-26-21(27-19-11-25-17(2)32-19)28-20(16)30-14-23(15-30,5-6-24)31-8-7-29-13-22(3,4)9-18(29)12-31/h10-11,18H,5,7-9,12-15H2,1-4H3,(H,26,27,28)/t18-/m0/s1. The maximum absolute atomic E-state index is 9.64. The van der Waals surface area contributed by atoms with Crippen LogP contribution in [-0.2, 0) is 0 Å². The average molecular weight is 453 g/mol. The Hall–Kier alpha value is -2.28. The number of anilines is 3. The van der Waals surface area contributed by atoms with Crippen LogP contribution in [0.25, 0.3) is 0 Å². The molecular weight excluding hydrogens is 420 g/mol. The number of piperazine rings is 1. The summed E-state index contributed by atoms with van der Waals surface area (Å²) in [7, 11) is 0. The molecule has 5 rings (SSSR count). The van der Waals surface area contributed by atoms with E-state index in [-0.39, 0.29) is 5.54 Å². The zero-order chi connectivity index (χ0) is 22.5. The lowest BCUT2D eigenvalue weighted by Gasteiger charge is -2.58. The van der Waals surface area contributed by atoms with Gasteiger partial charge in [0.1, 0.15) is 10.8 Å². The van der Waals surface area contributed by atoms with Crippen LogP contribution in [0.3, 0.4) is 0 Å². The highest BCUT2D eigenvalue weighted by atomic mass is 32.1. The lowest BCUT2D eigenvalue weighted by Crippen LogP contribution is -2.73. The van der Waals surface area contributed by atoms with Gasteiger partial charge in [-0.15, -0.1) is 11.3 Å². The van der Waals surface area contributed by atoms with Crippen molar-refractivity contribution < 1.29 is 0 Å². The minimum atomic E-state index is -0.0761. The molecule has 3 aliphatic rings. The SMILES string of the molecule is Cc1ncc(Nc2ncc(C)c(N3CC(CC#N)(N4CCN5CC(C)(C)C[C@H]5C4)C3)n2)s1. The first-order valence-corrected chi connectivity index (χ1v) is 12.2. The van der Waals surface area contributed by atoms with Gasteiger partial charge in [-0.1, -0.05) is 13.8 Å². The van der Waals surface area contributed by atoms with Crippen molar-refractivity contribution >= 4 is 28.1 Å². The molecule has 0 saturated carbocycles. The molecule has 32 heavy (non-hydrogen) atoms. The molecule has 9 heteroatoms. The zero-order valence-electron chi connectivity index (χ0n) is 19.4. The summed E-state index contributed by atoms with van der Waals surface area (Å²) in [5, 5.41) is 14.9. The summed E-state index contributed by atoms with van der Waals surface area (Å²) in [5.41, 5.74) is 1.38. The average Bonchev–Trinajstić information content (AvgIpc) is 3.26. The maximum atomic E-state index is 9.64. The van der Waals surface area contributed by atoms with Gasteiger partial charge in [0, 0.05) is 57.1 Å². The molecule has 0 amide bonds. The number of nitrogens with one attached hydrogen (secondary N) is 1. The van der Waals surface area contributed by atoms with Crippen LogP contribution in [0.15, 0.2) is 12.4 Å². The number of aryl methyl sites for hydroxylation is 2. The Kier molecular flexibility index (Phi) is 5.35. The third-order valence-corrected chi connectivity index (χ3v) is 8.00. The molecule has 0 aliphatic carbocycles. The van der Waals surface area contributed by atoms with Gasteiger partial charge in [0.2, 0.25) is 5.95 Å². The third kappa shape index (κ3) is 3.96. The first-order valence-electron chi connectivity index (χ1n) is 11.4. The van der Waals surface area contributed by atoms with Crippen molar-refractivity contribution in [3.63, 3.8) is 0 Å². The largest absolute Gasteiger partial charge is 0.352 e. The minimum absolute atomic E-state index is 0.0761. The van der Waals surface area contributed by atoms with Crippen molar-refractivity contribution in [3.8, 4) is 6.07 Å². The van der Waals surface area contributed by atoms with Crippen molar-refractivity contribution in [1.29, 1.82) is 5.26 Å². The fourth-order valence-electron chi connectivity index (χ4n) is 5.71. The lowest BCUT2D eigenvalue weighted by molar-refractivity contribution is -0.000671. The molecule has 2 aromatic rings. The van der Waals surface area contributed by atoms with Crippen molar-refractivity contribution in [2.45, 2.75) is 52.1 Å². The number of aromatic nitrogens is 3. The van der Waals surface area contributed by atoms with Crippen molar-refractivity contribution in [3.05, 3.63) is 23.0 Å². The van der Waals surface area contributed by atoms with E-state index in [0.29, 0.717) is 23.8 Å². The summed E-state index contributed by atoms with van der Waals surface area (Å²) in [4.78, 5) is 21.1. The highest BCUT2D eigenvalue weighted by Gasteiger charge is 2.51. The van der Waals surface area contributed by atoms with Gasteiger partial charge in [-0.25, -0.2) is 9.97 Å². The summed E-state index contributed by atoms with van der Waals surface area (Å²) in [6.07, 6.45) is 5.50. The van der Waals surface area contributed by atoms with Gasteiger partial charge >= 0.3 is 0 Å². The van der Waals surface area contributed by atoms with Crippen LogP contribution < -0.4 is 10.2 Å². The van der Waals surface area contributed by atoms with Crippen molar-refractivity contribution in [2.75, 3.05) is 49.5 Å². The zero-order valence-corrected chi connectivity index (χ0v) is 20.2. The van der Waals surface area contributed by atoms with Gasteiger partial charge in [-0.2, -0.15) is 10.2 Å². The minimum Gasteiger partial charge on any atom is -0.352 e. The van der Waals surface area contributed by atoms with Crippen molar-refractivity contribution in [2.24, 2.45) is 5.41 Å². The molecule has 0 spiro atoms. The Balaban J connectivity index is 1.30. The summed E-state index contributed by atoms with van der Waals surface area (Å²) < 4.78 is 0. The number of nitrogens with zero attached hydrogens (tertiary/aromatic N) is 7. The Morgan fingerprint density at radius 2 is 2.00 bits per heavy atom. The quantitative estimate of drug-likeness (QED) is 0.741. The predicted octanol–water partition coefficient (Wildman–Crippen LogP) is 3.18. The molecule has 3 saturated heterocycles. The monoisotopic (exact) mass is 452 g/mol. The smallest absolute Gasteiger partial charge is 0.229 e. The van der Waals surface area contributed by atoms with Gasteiger partial charge in [0.05, 0.1) is 29.2 Å². The van der Waals surface area contributed by atoms with E-state index in [1.54, 1.807) is 11.3 Å². The van der Waals surface area contributed by atoms with Gasteiger partial charge in [-0.05, 0) is 25.7 Å². The molecule has 5 heterocycles. The molecule has 3 fully saturated rings. The Labute approximate surface area is 194 Å². The third-order valence-electron chi connectivity index (χ3n) is 7.17. The number of thiazole rings is 1. The molecule has 170 valence electrons. The van der Waals surface area contributed by atoms with Crippen LogP contribution in [0.4, 0.5) is 16.8 Å². The first-order chi connectivity index (χ1) is 15.3. The number of rotatable bonds is 5. The van der Waals surface area contributed by atoms with Gasteiger partial charge < -0.3 is 10.2 Å². The first kappa shape index (κ1) is 21.6. The Morgan fingerprint density at radius 3 is 2.72 bits per heavy atom. The number of hydrogen-bond donors (Lipinski definition) is 1. The topological polar surface area (TPSA) is 84.2 Å². The highest BCUT2D eigenvalue weighted by molar-refractivity contribution is 7.15. The van der Waals surface area contributed by atoms with E-state index in [4.69, 9.17) is 4.98 Å². The van der Waals surface area contributed by atoms with Crippen LogP contribution >= 0.6 is 11.3 Å². The molecule has 8 nitrogen and oxygen atoms in total. The molecule has 3 aliphatic heterocycles. The van der Waals surface area contributed by atoms with E-state index in [9.17, 15) is 5.26 Å². The molecule has 0 bridgehead atoms. The molecule has 1 N–H and O–H groups in total. The second-order valence-corrected chi connectivity index (χ2v) is 11.7. The number of hydrogen-bond acceptors (Lipinski definition) is 9. The summed E-state index contributed by atoms with van der Waals surface area (Å²) >= 11 is 1.59. The molecule has 0 aromatic carbocycles.